The summed E-state index contributed by atoms with van der Waals surface area (Å²) in [6, 6.07) is 4.12. The van der Waals surface area contributed by atoms with E-state index in [1.54, 1.807) is 0 Å². The van der Waals surface area contributed by atoms with Gasteiger partial charge in [0, 0.05) is 31.0 Å². The summed E-state index contributed by atoms with van der Waals surface area (Å²) in [5, 5.41) is 0. The van der Waals surface area contributed by atoms with Gasteiger partial charge in [-0.05, 0) is 19.1 Å². The lowest BCUT2D eigenvalue weighted by atomic mass is 10.2. The van der Waals surface area contributed by atoms with Gasteiger partial charge in [0.1, 0.15) is 0 Å². The maximum atomic E-state index is 5.72. The van der Waals surface area contributed by atoms with Gasteiger partial charge < -0.3 is 16.0 Å². The van der Waals surface area contributed by atoms with Crippen molar-refractivity contribution in [2.45, 2.75) is 19.5 Å². The molecule has 0 saturated heterocycles. The minimum Gasteiger partial charge on any atom is -0.349 e. The van der Waals surface area contributed by atoms with E-state index in [4.69, 9.17) is 11.5 Å². The van der Waals surface area contributed by atoms with Crippen molar-refractivity contribution >= 4 is 0 Å². The second kappa shape index (κ2) is 3.07. The van der Waals surface area contributed by atoms with E-state index >= 15 is 0 Å². The van der Waals surface area contributed by atoms with E-state index in [0.717, 1.165) is 11.4 Å². The molecule has 1 unspecified atom stereocenters. The third kappa shape index (κ3) is 1.44. The molecule has 1 rings (SSSR count). The van der Waals surface area contributed by atoms with E-state index in [2.05, 4.69) is 0 Å². The van der Waals surface area contributed by atoms with Crippen LogP contribution >= 0.6 is 0 Å². The molecule has 0 saturated carbocycles. The van der Waals surface area contributed by atoms with E-state index in [-0.39, 0.29) is 6.04 Å². The van der Waals surface area contributed by atoms with Gasteiger partial charge in [0.05, 0.1) is 0 Å². The molecule has 1 aromatic rings. The first-order valence-electron chi connectivity index (χ1n) is 3.77. The van der Waals surface area contributed by atoms with E-state index < -0.39 is 0 Å². The van der Waals surface area contributed by atoms with Gasteiger partial charge in [-0.25, -0.2) is 0 Å². The van der Waals surface area contributed by atoms with Gasteiger partial charge in [-0.15, -0.1) is 0 Å². The Bertz CT molecular complexity index is 237. The maximum absolute atomic E-state index is 5.72. The number of nitrogens with zero attached hydrogens (tertiary/aromatic N) is 1. The molecule has 1 aromatic heterocycles. The number of rotatable bonds is 2. The fraction of sp³-hybridized carbons (Fsp3) is 0.500. The van der Waals surface area contributed by atoms with Crippen LogP contribution in [0.3, 0.4) is 0 Å². The highest BCUT2D eigenvalue weighted by atomic mass is 15.0. The molecule has 3 heteroatoms. The molecular formula is C8H15N3. The molecule has 0 bridgehead atoms. The van der Waals surface area contributed by atoms with Crippen LogP contribution < -0.4 is 11.5 Å². The lowest BCUT2D eigenvalue weighted by Crippen LogP contribution is -2.12. The number of aromatic nitrogens is 1. The summed E-state index contributed by atoms with van der Waals surface area (Å²) in [5.41, 5.74) is 13.5. The Morgan fingerprint density at radius 1 is 1.55 bits per heavy atom. The van der Waals surface area contributed by atoms with Crippen molar-refractivity contribution in [3.05, 3.63) is 23.5 Å². The van der Waals surface area contributed by atoms with Crippen molar-refractivity contribution < 1.29 is 0 Å². The summed E-state index contributed by atoms with van der Waals surface area (Å²) in [6.07, 6.45) is 0. The zero-order valence-corrected chi connectivity index (χ0v) is 7.04. The van der Waals surface area contributed by atoms with Crippen molar-refractivity contribution in [1.82, 2.24) is 4.57 Å². The molecule has 0 aromatic carbocycles. The Hall–Kier alpha value is -0.800. The third-order valence-corrected chi connectivity index (χ3v) is 1.94. The second-order valence-corrected chi connectivity index (χ2v) is 2.80. The first kappa shape index (κ1) is 8.30. The predicted octanol–water partition coefficient (Wildman–Crippen LogP) is 0.503. The van der Waals surface area contributed by atoms with Crippen LogP contribution in [0.2, 0.25) is 0 Å². The topological polar surface area (TPSA) is 57.0 Å². The molecule has 11 heavy (non-hydrogen) atoms. The van der Waals surface area contributed by atoms with Crippen LogP contribution in [0.1, 0.15) is 24.4 Å². The molecule has 3 nitrogen and oxygen atoms in total. The normalized spacial score (nSPS) is 13.5. The highest BCUT2D eigenvalue weighted by molar-refractivity contribution is 5.17. The van der Waals surface area contributed by atoms with Crippen molar-refractivity contribution in [2.24, 2.45) is 18.5 Å². The van der Waals surface area contributed by atoms with Crippen LogP contribution in [0.4, 0.5) is 0 Å². The van der Waals surface area contributed by atoms with Crippen molar-refractivity contribution in [2.75, 3.05) is 0 Å². The van der Waals surface area contributed by atoms with Crippen LogP contribution in [0.15, 0.2) is 12.1 Å². The van der Waals surface area contributed by atoms with Crippen LogP contribution in [0.25, 0.3) is 0 Å². The molecule has 0 aliphatic carbocycles. The first-order chi connectivity index (χ1) is 5.16. The Morgan fingerprint density at radius 2 is 2.18 bits per heavy atom. The van der Waals surface area contributed by atoms with Gasteiger partial charge in [-0.3, -0.25) is 0 Å². The van der Waals surface area contributed by atoms with E-state index in [1.165, 1.54) is 0 Å². The number of nitrogens with two attached hydrogens (primary N) is 2. The van der Waals surface area contributed by atoms with Crippen LogP contribution in [0.5, 0.6) is 0 Å². The van der Waals surface area contributed by atoms with Gasteiger partial charge in [-0.1, -0.05) is 0 Å². The fourth-order valence-electron chi connectivity index (χ4n) is 1.23. The molecule has 1 atom stereocenters. The summed E-state index contributed by atoms with van der Waals surface area (Å²) in [5.74, 6) is 0. The van der Waals surface area contributed by atoms with Gasteiger partial charge in [0.15, 0.2) is 0 Å². The van der Waals surface area contributed by atoms with Crippen LogP contribution in [-0.4, -0.2) is 4.57 Å². The average molecular weight is 153 g/mol. The van der Waals surface area contributed by atoms with Crippen LogP contribution in [0, 0.1) is 0 Å². The molecule has 1 heterocycles. The highest BCUT2D eigenvalue weighted by Crippen LogP contribution is 2.12. The Morgan fingerprint density at radius 3 is 2.45 bits per heavy atom. The molecule has 0 amide bonds. The zero-order chi connectivity index (χ0) is 8.43. The van der Waals surface area contributed by atoms with Crippen molar-refractivity contribution in [3.63, 3.8) is 0 Å². The molecular weight excluding hydrogens is 138 g/mol. The van der Waals surface area contributed by atoms with Crippen molar-refractivity contribution in [3.8, 4) is 0 Å². The maximum Gasteiger partial charge on any atom is 0.0421 e. The summed E-state index contributed by atoms with van der Waals surface area (Å²) in [6.45, 7) is 2.54. The molecule has 0 fully saturated rings. The van der Waals surface area contributed by atoms with E-state index in [1.807, 2.05) is 30.7 Å². The molecule has 4 N–H and O–H groups in total. The van der Waals surface area contributed by atoms with Gasteiger partial charge >= 0.3 is 0 Å². The largest absolute Gasteiger partial charge is 0.349 e. The Kier molecular flexibility index (Phi) is 2.31. The minimum absolute atomic E-state index is 0.0836. The monoisotopic (exact) mass is 153 g/mol. The summed E-state index contributed by atoms with van der Waals surface area (Å²) in [4.78, 5) is 0. The van der Waals surface area contributed by atoms with E-state index in [9.17, 15) is 0 Å². The standard InChI is InChI=1S/C8H15N3/c1-6(10)8-4-3-7(5-9)11(8)2/h3-4,6H,5,9-10H2,1-2H3. The van der Waals surface area contributed by atoms with Crippen molar-refractivity contribution in [1.29, 1.82) is 0 Å². The lowest BCUT2D eigenvalue weighted by molar-refractivity contribution is 0.690. The summed E-state index contributed by atoms with van der Waals surface area (Å²) < 4.78 is 2.05. The predicted molar refractivity (Wildman–Crippen MR) is 45.9 cm³/mol. The zero-order valence-electron chi connectivity index (χ0n) is 7.04. The Balaban J connectivity index is 3.00. The molecule has 0 radical (unpaired) electrons. The summed E-state index contributed by atoms with van der Waals surface area (Å²) in [7, 11) is 1.99. The van der Waals surface area contributed by atoms with Gasteiger partial charge in [0.2, 0.25) is 0 Å². The van der Waals surface area contributed by atoms with Crippen LogP contribution in [-0.2, 0) is 13.6 Å². The second-order valence-electron chi connectivity index (χ2n) is 2.80. The van der Waals surface area contributed by atoms with Gasteiger partial charge in [0.25, 0.3) is 0 Å². The van der Waals surface area contributed by atoms with Gasteiger partial charge in [-0.2, -0.15) is 0 Å². The third-order valence-electron chi connectivity index (χ3n) is 1.94. The fourth-order valence-corrected chi connectivity index (χ4v) is 1.23. The molecule has 0 aliphatic rings. The Labute approximate surface area is 67.0 Å². The summed E-state index contributed by atoms with van der Waals surface area (Å²) >= 11 is 0. The smallest absolute Gasteiger partial charge is 0.0421 e. The number of hydrogen-bond acceptors (Lipinski definition) is 2. The molecule has 0 spiro atoms. The highest BCUT2D eigenvalue weighted by Gasteiger charge is 2.05. The number of hydrogen-bond donors (Lipinski definition) is 2. The first-order valence-corrected chi connectivity index (χ1v) is 3.77. The van der Waals surface area contributed by atoms with E-state index in [0.29, 0.717) is 6.54 Å². The minimum atomic E-state index is 0.0836. The quantitative estimate of drug-likeness (QED) is 0.650. The average Bonchev–Trinajstić information content (AvgIpc) is 2.30. The SMILES string of the molecule is CC(N)c1ccc(CN)n1C. The molecule has 62 valence electrons. The molecule has 0 aliphatic heterocycles. The lowest BCUT2D eigenvalue weighted by Gasteiger charge is -2.08.